The van der Waals surface area contributed by atoms with Gasteiger partial charge in [0.15, 0.2) is 0 Å². The van der Waals surface area contributed by atoms with Crippen LogP contribution in [0.3, 0.4) is 0 Å². The summed E-state index contributed by atoms with van der Waals surface area (Å²) >= 11 is 0. The molecule has 1 aromatic carbocycles. The topological polar surface area (TPSA) is 64.3 Å². The Morgan fingerprint density at radius 2 is 2.05 bits per heavy atom. The number of carbonyl (C=O) groups is 1. The fraction of sp³-hybridized carbons (Fsp3) is 0.467. The minimum absolute atomic E-state index is 0.0506. The van der Waals surface area contributed by atoms with Gasteiger partial charge in [0.25, 0.3) is 0 Å². The first-order valence-corrected chi connectivity index (χ1v) is 6.44. The molecule has 1 aromatic rings. The molecule has 0 saturated carbocycles. The van der Waals surface area contributed by atoms with Crippen LogP contribution in [0.15, 0.2) is 12.1 Å². The molecule has 1 heterocycles. The number of anilines is 1. The molecule has 4 nitrogen and oxygen atoms in total. The van der Waals surface area contributed by atoms with Crippen LogP contribution < -0.4 is 4.90 Å². The summed E-state index contributed by atoms with van der Waals surface area (Å²) in [6.07, 6.45) is -0.826. The molecule has 5 heteroatoms. The van der Waals surface area contributed by atoms with Crippen molar-refractivity contribution in [2.75, 3.05) is 4.90 Å². The predicted octanol–water partition coefficient (Wildman–Crippen LogP) is 2.13. The lowest BCUT2D eigenvalue weighted by molar-refractivity contribution is -0.126. The summed E-state index contributed by atoms with van der Waals surface area (Å²) in [5.41, 5.74) is -0.306. The Morgan fingerprint density at radius 3 is 2.50 bits per heavy atom. The van der Waals surface area contributed by atoms with Crippen LogP contribution in [0, 0.1) is 29.5 Å². The maximum Gasteiger partial charge on any atom is 0.235 e. The minimum atomic E-state index is -0.907. The van der Waals surface area contributed by atoms with Gasteiger partial charge < -0.3 is 10.0 Å². The summed E-state index contributed by atoms with van der Waals surface area (Å²) in [5.74, 6) is -0.867. The van der Waals surface area contributed by atoms with Gasteiger partial charge in [-0.15, -0.1) is 0 Å². The lowest BCUT2D eigenvalue weighted by Gasteiger charge is -2.25. The second kappa shape index (κ2) is 4.57. The highest BCUT2D eigenvalue weighted by Gasteiger charge is 2.52. The molecule has 2 rings (SSSR count). The van der Waals surface area contributed by atoms with Gasteiger partial charge in [0, 0.05) is 11.3 Å². The molecule has 0 spiro atoms. The summed E-state index contributed by atoms with van der Waals surface area (Å²) in [4.78, 5) is 13.9. The zero-order valence-electron chi connectivity index (χ0n) is 11.9. The molecule has 0 aromatic heterocycles. The summed E-state index contributed by atoms with van der Waals surface area (Å²) in [6, 6.07) is 4.24. The fourth-order valence-corrected chi connectivity index (χ4v) is 2.72. The Bertz CT molecular complexity index is 619. The lowest BCUT2D eigenvalue weighted by atomic mass is 9.87. The van der Waals surface area contributed by atoms with Crippen molar-refractivity contribution in [1.29, 1.82) is 5.26 Å². The predicted molar refractivity (Wildman–Crippen MR) is 72.6 cm³/mol. The maximum absolute atomic E-state index is 14.0. The third-order valence-electron chi connectivity index (χ3n) is 4.11. The van der Waals surface area contributed by atoms with Gasteiger partial charge in [-0.1, -0.05) is 0 Å². The fourth-order valence-electron chi connectivity index (χ4n) is 2.72. The van der Waals surface area contributed by atoms with E-state index in [2.05, 4.69) is 0 Å². The first-order chi connectivity index (χ1) is 9.23. The minimum Gasteiger partial charge on any atom is -0.390 e. The number of rotatable bonds is 1. The van der Waals surface area contributed by atoms with Crippen LogP contribution in [0.5, 0.6) is 0 Å². The molecule has 1 aliphatic heterocycles. The molecule has 0 aliphatic carbocycles. The highest BCUT2D eigenvalue weighted by molar-refractivity contribution is 6.01. The van der Waals surface area contributed by atoms with Crippen molar-refractivity contribution in [3.05, 3.63) is 29.1 Å². The van der Waals surface area contributed by atoms with Gasteiger partial charge >= 0.3 is 0 Å². The molecule has 1 saturated heterocycles. The van der Waals surface area contributed by atoms with E-state index in [1.54, 1.807) is 32.9 Å². The third kappa shape index (κ3) is 1.80. The SMILES string of the molecule is Cc1c(N2C(=O)C(C)(C)[C@@H](O)[C@H]2C)ccc(C#N)c1F. The van der Waals surface area contributed by atoms with Gasteiger partial charge in [-0.3, -0.25) is 4.79 Å². The Morgan fingerprint density at radius 1 is 1.45 bits per heavy atom. The van der Waals surface area contributed by atoms with Crippen LogP contribution in [0.4, 0.5) is 10.1 Å². The summed E-state index contributed by atoms with van der Waals surface area (Å²) in [7, 11) is 0. The smallest absolute Gasteiger partial charge is 0.235 e. The normalized spacial score (nSPS) is 24.9. The lowest BCUT2D eigenvalue weighted by Crippen LogP contribution is -2.35. The molecule has 20 heavy (non-hydrogen) atoms. The first-order valence-electron chi connectivity index (χ1n) is 6.44. The largest absolute Gasteiger partial charge is 0.390 e. The zero-order chi connectivity index (χ0) is 15.2. The van der Waals surface area contributed by atoms with Crippen LogP contribution >= 0.6 is 0 Å². The molecule has 1 fully saturated rings. The Balaban J connectivity index is 2.56. The summed E-state index contributed by atoms with van der Waals surface area (Å²) in [5, 5.41) is 19.0. The van der Waals surface area contributed by atoms with E-state index in [-0.39, 0.29) is 17.0 Å². The quantitative estimate of drug-likeness (QED) is 0.854. The van der Waals surface area contributed by atoms with Gasteiger partial charge in [0.1, 0.15) is 11.9 Å². The van der Waals surface area contributed by atoms with E-state index >= 15 is 0 Å². The molecule has 1 amide bonds. The van der Waals surface area contributed by atoms with Gasteiger partial charge in [-0.05, 0) is 39.8 Å². The summed E-state index contributed by atoms with van der Waals surface area (Å²) in [6.45, 7) is 6.60. The number of amides is 1. The van der Waals surface area contributed by atoms with Crippen molar-refractivity contribution in [3.8, 4) is 6.07 Å². The molecule has 0 radical (unpaired) electrons. The van der Waals surface area contributed by atoms with Crippen LogP contribution in [0.25, 0.3) is 0 Å². The molecular formula is C15H17FN2O2. The summed E-state index contributed by atoms with van der Waals surface area (Å²) < 4.78 is 14.0. The van der Waals surface area contributed by atoms with E-state index in [0.717, 1.165) is 0 Å². The number of carbonyl (C=O) groups excluding carboxylic acids is 1. The van der Waals surface area contributed by atoms with E-state index in [4.69, 9.17) is 5.26 Å². The van der Waals surface area contributed by atoms with Crippen molar-refractivity contribution in [2.24, 2.45) is 5.41 Å². The van der Waals surface area contributed by atoms with Gasteiger partial charge in [0.05, 0.1) is 23.1 Å². The molecule has 0 bridgehead atoms. The number of hydrogen-bond donors (Lipinski definition) is 1. The van der Waals surface area contributed by atoms with Crippen LogP contribution in [0.1, 0.15) is 31.9 Å². The Labute approximate surface area is 117 Å². The average molecular weight is 276 g/mol. The Kier molecular flexibility index (Phi) is 3.31. The Hall–Kier alpha value is -1.93. The van der Waals surface area contributed by atoms with E-state index in [0.29, 0.717) is 5.69 Å². The zero-order valence-corrected chi connectivity index (χ0v) is 11.9. The van der Waals surface area contributed by atoms with E-state index in [1.165, 1.54) is 17.9 Å². The number of aliphatic hydroxyl groups excluding tert-OH is 1. The first kappa shape index (κ1) is 14.5. The second-order valence-corrected chi connectivity index (χ2v) is 5.77. The van der Waals surface area contributed by atoms with Gasteiger partial charge in [0.2, 0.25) is 5.91 Å². The molecule has 106 valence electrons. The number of hydrogen-bond acceptors (Lipinski definition) is 3. The van der Waals surface area contributed by atoms with Crippen molar-refractivity contribution in [2.45, 2.75) is 39.8 Å². The molecule has 1 N–H and O–H groups in total. The number of nitrogens with zero attached hydrogens (tertiary/aromatic N) is 2. The standard InChI is InChI=1S/C15H17FN2O2/c1-8-11(6-5-10(7-17)12(8)16)18-9(2)13(19)15(3,4)14(18)20/h5-6,9,13,19H,1-4H3/t9-,13+/m1/s1. The van der Waals surface area contributed by atoms with Gasteiger partial charge in [-0.25, -0.2) is 4.39 Å². The van der Waals surface area contributed by atoms with E-state index in [9.17, 15) is 14.3 Å². The number of halogens is 1. The molecule has 2 atom stereocenters. The highest BCUT2D eigenvalue weighted by Crippen LogP contribution is 2.40. The number of nitriles is 1. The van der Waals surface area contributed by atoms with Gasteiger partial charge in [-0.2, -0.15) is 5.26 Å². The van der Waals surface area contributed by atoms with Crippen LogP contribution in [-0.4, -0.2) is 23.2 Å². The third-order valence-corrected chi connectivity index (χ3v) is 4.11. The van der Waals surface area contributed by atoms with Crippen molar-refractivity contribution < 1.29 is 14.3 Å². The molecule has 1 aliphatic rings. The van der Waals surface area contributed by atoms with E-state index < -0.39 is 23.4 Å². The number of benzene rings is 1. The number of aliphatic hydroxyl groups is 1. The van der Waals surface area contributed by atoms with Crippen molar-refractivity contribution in [3.63, 3.8) is 0 Å². The van der Waals surface area contributed by atoms with E-state index in [1.807, 2.05) is 0 Å². The van der Waals surface area contributed by atoms with Crippen LogP contribution in [-0.2, 0) is 4.79 Å². The maximum atomic E-state index is 14.0. The second-order valence-electron chi connectivity index (χ2n) is 5.77. The molecule has 0 unspecified atom stereocenters. The van der Waals surface area contributed by atoms with Crippen molar-refractivity contribution >= 4 is 11.6 Å². The highest BCUT2D eigenvalue weighted by atomic mass is 19.1. The molecular weight excluding hydrogens is 259 g/mol. The monoisotopic (exact) mass is 276 g/mol. The average Bonchev–Trinajstić information content (AvgIpc) is 2.55. The van der Waals surface area contributed by atoms with Crippen molar-refractivity contribution in [1.82, 2.24) is 0 Å². The van der Waals surface area contributed by atoms with Crippen LogP contribution in [0.2, 0.25) is 0 Å².